The number of rotatable bonds is 3. The molecular formula is C11H11ClN4O. The minimum absolute atomic E-state index is 0.248. The Morgan fingerprint density at radius 2 is 1.94 bits per heavy atom. The van der Waals surface area contributed by atoms with E-state index >= 15 is 0 Å². The van der Waals surface area contributed by atoms with Gasteiger partial charge in [0.2, 0.25) is 0 Å². The Kier molecular flexibility index (Phi) is 3.30. The van der Waals surface area contributed by atoms with Crippen LogP contribution in [0.5, 0.6) is 5.75 Å². The molecule has 2 aromatic rings. The molecule has 5 nitrogen and oxygen atoms in total. The van der Waals surface area contributed by atoms with E-state index in [0.717, 1.165) is 11.4 Å². The topological polar surface area (TPSA) is 73.1 Å². The molecule has 6 heteroatoms. The molecule has 0 saturated heterocycles. The predicted molar refractivity (Wildman–Crippen MR) is 67.7 cm³/mol. The molecule has 0 aliphatic heterocycles. The number of hydrogen-bond donors (Lipinski definition) is 2. The van der Waals surface area contributed by atoms with Crippen LogP contribution in [0.3, 0.4) is 0 Å². The van der Waals surface area contributed by atoms with Crippen LogP contribution in [0.1, 0.15) is 0 Å². The van der Waals surface area contributed by atoms with E-state index in [-0.39, 0.29) is 5.82 Å². The van der Waals surface area contributed by atoms with Gasteiger partial charge in [-0.15, -0.1) is 0 Å². The number of nitrogens with one attached hydrogen (secondary N) is 1. The molecule has 88 valence electrons. The van der Waals surface area contributed by atoms with E-state index in [1.807, 2.05) is 24.3 Å². The van der Waals surface area contributed by atoms with Crippen molar-refractivity contribution in [2.45, 2.75) is 0 Å². The Bertz CT molecular complexity index is 515. The summed E-state index contributed by atoms with van der Waals surface area (Å²) < 4.78 is 5.06. The molecule has 0 spiro atoms. The summed E-state index contributed by atoms with van der Waals surface area (Å²) in [6.45, 7) is 0. The first-order valence-corrected chi connectivity index (χ1v) is 5.25. The summed E-state index contributed by atoms with van der Waals surface area (Å²) in [6.07, 6.45) is 1.35. The largest absolute Gasteiger partial charge is 0.497 e. The summed E-state index contributed by atoms with van der Waals surface area (Å²) in [5, 5.41) is 3.35. The lowest BCUT2D eigenvalue weighted by Gasteiger charge is -2.08. The van der Waals surface area contributed by atoms with E-state index in [0.29, 0.717) is 10.8 Å². The average Bonchev–Trinajstić information content (AvgIpc) is 2.36. The molecule has 0 radical (unpaired) electrons. The normalized spacial score (nSPS) is 10.0. The fraction of sp³-hybridized carbons (Fsp3) is 0.0909. The molecule has 0 unspecified atom stereocenters. The second kappa shape index (κ2) is 4.88. The maximum atomic E-state index is 5.96. The van der Waals surface area contributed by atoms with Crippen molar-refractivity contribution in [3.63, 3.8) is 0 Å². The summed E-state index contributed by atoms with van der Waals surface area (Å²) in [6, 6.07) is 7.38. The molecule has 0 bridgehead atoms. The third-order valence-electron chi connectivity index (χ3n) is 2.17. The molecule has 0 aliphatic carbocycles. The SMILES string of the molecule is COc1ccc(Nc2ncnc(N)c2Cl)cc1. The van der Waals surface area contributed by atoms with Gasteiger partial charge in [-0.3, -0.25) is 0 Å². The molecule has 0 aliphatic rings. The first-order chi connectivity index (χ1) is 8.20. The first-order valence-electron chi connectivity index (χ1n) is 4.88. The molecule has 0 fully saturated rings. The Morgan fingerprint density at radius 3 is 2.59 bits per heavy atom. The van der Waals surface area contributed by atoms with Crippen molar-refractivity contribution < 1.29 is 4.74 Å². The van der Waals surface area contributed by atoms with Crippen molar-refractivity contribution in [2.75, 3.05) is 18.2 Å². The summed E-state index contributed by atoms with van der Waals surface area (Å²) in [5.41, 5.74) is 6.42. The van der Waals surface area contributed by atoms with Crippen molar-refractivity contribution in [3.05, 3.63) is 35.6 Å². The molecule has 1 heterocycles. The first kappa shape index (κ1) is 11.5. The lowest BCUT2D eigenvalue weighted by Crippen LogP contribution is -1.99. The molecule has 0 atom stereocenters. The van der Waals surface area contributed by atoms with E-state index in [4.69, 9.17) is 22.1 Å². The minimum Gasteiger partial charge on any atom is -0.497 e. The highest BCUT2D eigenvalue weighted by Crippen LogP contribution is 2.27. The van der Waals surface area contributed by atoms with Crippen LogP contribution in [-0.4, -0.2) is 17.1 Å². The molecule has 2 rings (SSSR count). The Balaban J connectivity index is 2.22. The Hall–Kier alpha value is -2.01. The zero-order valence-corrected chi connectivity index (χ0v) is 9.90. The molecule has 3 N–H and O–H groups in total. The van der Waals surface area contributed by atoms with Crippen molar-refractivity contribution in [1.29, 1.82) is 0 Å². The van der Waals surface area contributed by atoms with Gasteiger partial charge in [-0.05, 0) is 24.3 Å². The second-order valence-corrected chi connectivity index (χ2v) is 3.65. The highest BCUT2D eigenvalue weighted by atomic mass is 35.5. The maximum Gasteiger partial charge on any atom is 0.154 e. The Labute approximate surface area is 104 Å². The van der Waals surface area contributed by atoms with Crippen LogP contribution in [-0.2, 0) is 0 Å². The van der Waals surface area contributed by atoms with Crippen molar-refractivity contribution in [3.8, 4) is 5.75 Å². The number of anilines is 3. The number of halogens is 1. The van der Waals surface area contributed by atoms with Crippen molar-refractivity contribution >= 4 is 28.9 Å². The quantitative estimate of drug-likeness (QED) is 0.875. The summed E-state index contributed by atoms with van der Waals surface area (Å²) in [5.74, 6) is 1.51. The van der Waals surface area contributed by atoms with E-state index in [2.05, 4.69) is 15.3 Å². The lowest BCUT2D eigenvalue weighted by molar-refractivity contribution is 0.415. The monoisotopic (exact) mass is 250 g/mol. The number of ether oxygens (including phenoxy) is 1. The van der Waals surface area contributed by atoms with Gasteiger partial charge in [0, 0.05) is 5.69 Å². The van der Waals surface area contributed by atoms with Gasteiger partial charge in [-0.25, -0.2) is 9.97 Å². The van der Waals surface area contributed by atoms with Crippen LogP contribution < -0.4 is 15.8 Å². The van der Waals surface area contributed by atoms with Gasteiger partial charge < -0.3 is 15.8 Å². The lowest BCUT2D eigenvalue weighted by atomic mass is 10.3. The second-order valence-electron chi connectivity index (χ2n) is 3.27. The fourth-order valence-corrected chi connectivity index (χ4v) is 1.43. The van der Waals surface area contributed by atoms with E-state index in [9.17, 15) is 0 Å². The fourth-order valence-electron chi connectivity index (χ4n) is 1.28. The van der Waals surface area contributed by atoms with Gasteiger partial charge in [-0.2, -0.15) is 0 Å². The molecule has 1 aromatic heterocycles. The van der Waals surface area contributed by atoms with Gasteiger partial charge in [0.15, 0.2) is 5.82 Å². The molecule has 17 heavy (non-hydrogen) atoms. The van der Waals surface area contributed by atoms with Crippen LogP contribution in [0.25, 0.3) is 0 Å². The van der Waals surface area contributed by atoms with Crippen molar-refractivity contribution in [1.82, 2.24) is 9.97 Å². The summed E-state index contributed by atoms with van der Waals surface area (Å²) in [4.78, 5) is 7.79. The average molecular weight is 251 g/mol. The van der Waals surface area contributed by atoms with Gasteiger partial charge >= 0.3 is 0 Å². The maximum absolute atomic E-state index is 5.96. The number of aromatic nitrogens is 2. The number of nitrogen functional groups attached to an aromatic ring is 1. The molecular weight excluding hydrogens is 240 g/mol. The number of hydrogen-bond acceptors (Lipinski definition) is 5. The van der Waals surface area contributed by atoms with Gasteiger partial charge in [0.05, 0.1) is 7.11 Å². The third-order valence-corrected chi connectivity index (χ3v) is 2.54. The standard InChI is InChI=1S/C11H11ClN4O/c1-17-8-4-2-7(3-5-8)16-11-9(12)10(13)14-6-15-11/h2-6H,1H3,(H3,13,14,15,16). The van der Waals surface area contributed by atoms with Crippen LogP contribution in [0, 0.1) is 0 Å². The number of benzene rings is 1. The third kappa shape index (κ3) is 2.57. The van der Waals surface area contributed by atoms with Gasteiger partial charge in [-0.1, -0.05) is 11.6 Å². The van der Waals surface area contributed by atoms with E-state index < -0.39 is 0 Å². The van der Waals surface area contributed by atoms with Crippen LogP contribution >= 0.6 is 11.6 Å². The summed E-state index contributed by atoms with van der Waals surface area (Å²) >= 11 is 5.96. The number of nitrogens with zero attached hydrogens (tertiary/aromatic N) is 2. The Morgan fingerprint density at radius 1 is 1.24 bits per heavy atom. The zero-order chi connectivity index (χ0) is 12.3. The summed E-state index contributed by atoms with van der Waals surface area (Å²) in [7, 11) is 1.62. The van der Waals surface area contributed by atoms with E-state index in [1.54, 1.807) is 7.11 Å². The van der Waals surface area contributed by atoms with Crippen LogP contribution in [0.15, 0.2) is 30.6 Å². The van der Waals surface area contributed by atoms with Gasteiger partial charge in [0.1, 0.15) is 22.9 Å². The smallest absolute Gasteiger partial charge is 0.154 e. The predicted octanol–water partition coefficient (Wildman–Crippen LogP) is 2.46. The molecule has 1 aromatic carbocycles. The van der Waals surface area contributed by atoms with Crippen molar-refractivity contribution in [2.24, 2.45) is 0 Å². The van der Waals surface area contributed by atoms with Crippen LogP contribution in [0.4, 0.5) is 17.3 Å². The highest BCUT2D eigenvalue weighted by molar-refractivity contribution is 6.35. The van der Waals surface area contributed by atoms with Gasteiger partial charge in [0.25, 0.3) is 0 Å². The zero-order valence-electron chi connectivity index (χ0n) is 9.14. The number of nitrogens with two attached hydrogens (primary N) is 1. The highest BCUT2D eigenvalue weighted by Gasteiger charge is 2.06. The minimum atomic E-state index is 0.248. The molecule has 0 amide bonds. The number of methoxy groups -OCH3 is 1. The van der Waals surface area contributed by atoms with E-state index in [1.165, 1.54) is 6.33 Å². The molecule has 0 saturated carbocycles. The van der Waals surface area contributed by atoms with Crippen LogP contribution in [0.2, 0.25) is 5.02 Å².